The molecule has 0 radical (unpaired) electrons. The van der Waals surface area contributed by atoms with Gasteiger partial charge in [-0.2, -0.15) is 12.7 Å². The lowest BCUT2D eigenvalue weighted by Gasteiger charge is -2.26. The molecule has 2 aromatic carbocycles. The van der Waals surface area contributed by atoms with Crippen LogP contribution in [0.2, 0.25) is 0 Å². The third kappa shape index (κ3) is 7.49. The molecule has 10 nitrogen and oxygen atoms in total. The maximum Gasteiger partial charge on any atom is 0.319 e. The van der Waals surface area contributed by atoms with Crippen molar-refractivity contribution in [3.05, 3.63) is 60.2 Å². The molecule has 0 aromatic heterocycles. The molecule has 1 unspecified atom stereocenters. The summed E-state index contributed by atoms with van der Waals surface area (Å²) in [5.74, 6) is -0.988. The van der Waals surface area contributed by atoms with Gasteiger partial charge in [-0.15, -0.1) is 0 Å². The molecule has 0 saturated carbocycles. The molecular weight excluding hydrogens is 528 g/mol. The molecule has 12 heteroatoms. The van der Waals surface area contributed by atoms with Crippen LogP contribution in [0.25, 0.3) is 0 Å². The summed E-state index contributed by atoms with van der Waals surface area (Å²) in [6, 6.07) is 15.6. The molecule has 1 aliphatic heterocycles. The van der Waals surface area contributed by atoms with E-state index in [-0.39, 0.29) is 18.9 Å². The van der Waals surface area contributed by atoms with Crippen molar-refractivity contribution in [1.29, 1.82) is 0 Å². The quantitative estimate of drug-likeness (QED) is 0.299. The summed E-state index contributed by atoms with van der Waals surface area (Å²) >= 11 is 1.17. The molecule has 0 aliphatic carbocycles. The zero-order valence-corrected chi connectivity index (χ0v) is 23.4. The number of nitrogens with zero attached hydrogens (tertiary/aromatic N) is 2. The van der Waals surface area contributed by atoms with E-state index in [1.165, 1.54) is 25.9 Å². The number of hydrogen-bond donors (Lipinski definition) is 2. The maximum absolute atomic E-state index is 13.1. The fourth-order valence-corrected chi connectivity index (χ4v) is 7.11. The monoisotopic (exact) mass is 562 g/mol. The average molecular weight is 563 g/mol. The fraction of sp³-hybridized carbons (Fsp3) is 0.423. The number of carbonyl (C=O) groups is 3. The van der Waals surface area contributed by atoms with Crippen LogP contribution >= 0.6 is 11.8 Å². The molecule has 206 valence electrons. The normalized spacial score (nSPS) is 17.7. The molecule has 0 spiro atoms. The maximum atomic E-state index is 13.1. The highest BCUT2D eigenvalue weighted by atomic mass is 32.2. The van der Waals surface area contributed by atoms with Gasteiger partial charge in [-0.3, -0.25) is 9.59 Å². The van der Waals surface area contributed by atoms with Crippen molar-refractivity contribution < 1.29 is 27.5 Å². The summed E-state index contributed by atoms with van der Waals surface area (Å²) < 4.78 is 33.0. The van der Waals surface area contributed by atoms with Crippen molar-refractivity contribution in [3.8, 4) is 0 Å². The van der Waals surface area contributed by atoms with Crippen LogP contribution in [0.4, 0.5) is 10.5 Å². The smallest absolute Gasteiger partial charge is 0.319 e. The van der Waals surface area contributed by atoms with Gasteiger partial charge in [0.1, 0.15) is 6.04 Å². The van der Waals surface area contributed by atoms with Crippen LogP contribution in [0.1, 0.15) is 38.2 Å². The Morgan fingerprint density at radius 1 is 1.11 bits per heavy atom. The minimum Gasteiger partial charge on any atom is -0.469 e. The Morgan fingerprint density at radius 3 is 2.42 bits per heavy atom. The topological polar surface area (TPSA) is 125 Å². The number of benzene rings is 2. The van der Waals surface area contributed by atoms with Crippen LogP contribution in [-0.4, -0.2) is 67.1 Å². The number of hydrogen-bond acceptors (Lipinski definition) is 7. The second-order valence-electron chi connectivity index (χ2n) is 8.79. The Kier molecular flexibility index (Phi) is 10.6. The predicted molar refractivity (Wildman–Crippen MR) is 147 cm³/mol. The van der Waals surface area contributed by atoms with Crippen molar-refractivity contribution >= 4 is 45.6 Å². The van der Waals surface area contributed by atoms with E-state index >= 15 is 0 Å². The fourth-order valence-electron chi connectivity index (χ4n) is 4.07. The minimum atomic E-state index is -4.03. The molecule has 2 N–H and O–H groups in total. The van der Waals surface area contributed by atoms with Crippen LogP contribution in [0.15, 0.2) is 59.5 Å². The third-order valence-corrected chi connectivity index (χ3v) is 9.44. The van der Waals surface area contributed by atoms with Gasteiger partial charge in [0.25, 0.3) is 5.91 Å². The van der Waals surface area contributed by atoms with E-state index in [1.54, 1.807) is 24.3 Å². The highest BCUT2D eigenvalue weighted by Crippen LogP contribution is 2.37. The summed E-state index contributed by atoms with van der Waals surface area (Å²) in [5.41, 5.74) is 1.69. The van der Waals surface area contributed by atoms with Crippen molar-refractivity contribution in [1.82, 2.24) is 13.9 Å². The Labute approximate surface area is 228 Å². The first-order chi connectivity index (χ1) is 18.2. The third-order valence-electron chi connectivity index (χ3n) is 6.13. The Hall–Kier alpha value is -3.09. The number of carbonyl (C=O) groups excluding carboxylic acids is 3. The Balaban J connectivity index is 1.66. The van der Waals surface area contributed by atoms with Crippen molar-refractivity contribution in [2.24, 2.45) is 0 Å². The Morgan fingerprint density at radius 2 is 1.79 bits per heavy atom. The lowest BCUT2D eigenvalue weighted by molar-refractivity contribution is -0.141. The largest absolute Gasteiger partial charge is 0.469 e. The van der Waals surface area contributed by atoms with Crippen LogP contribution in [-0.2, 0) is 31.0 Å². The van der Waals surface area contributed by atoms with Crippen LogP contribution in [0.5, 0.6) is 0 Å². The van der Waals surface area contributed by atoms with Crippen LogP contribution in [0, 0.1) is 0 Å². The number of thioether (sulfide) groups is 1. The van der Waals surface area contributed by atoms with Gasteiger partial charge in [-0.25, -0.2) is 9.10 Å². The van der Waals surface area contributed by atoms with E-state index < -0.39 is 33.5 Å². The molecule has 1 heterocycles. The zero-order valence-electron chi connectivity index (χ0n) is 21.8. The summed E-state index contributed by atoms with van der Waals surface area (Å²) in [6.45, 7) is 2.37. The molecular formula is C26H34N4O6S2. The first-order valence-electron chi connectivity index (χ1n) is 12.4. The summed E-state index contributed by atoms with van der Waals surface area (Å²) in [7, 11) is -1.37. The van der Waals surface area contributed by atoms with Crippen molar-refractivity contribution in [2.75, 3.05) is 26.0 Å². The van der Waals surface area contributed by atoms with Gasteiger partial charge in [0.05, 0.1) is 12.5 Å². The minimum absolute atomic E-state index is 0.0432. The second-order valence-corrected chi connectivity index (χ2v) is 11.9. The van der Waals surface area contributed by atoms with Gasteiger partial charge in [0.15, 0.2) is 0 Å². The van der Waals surface area contributed by atoms with Crippen molar-refractivity contribution in [2.45, 2.75) is 55.3 Å². The summed E-state index contributed by atoms with van der Waals surface area (Å²) in [6.07, 6.45) is 1.83. The van der Waals surface area contributed by atoms with E-state index in [2.05, 4.69) is 10.6 Å². The van der Waals surface area contributed by atoms with Crippen LogP contribution in [0.3, 0.4) is 0 Å². The average Bonchev–Trinajstić information content (AvgIpc) is 3.07. The van der Waals surface area contributed by atoms with Gasteiger partial charge >= 0.3 is 22.2 Å². The summed E-state index contributed by atoms with van der Waals surface area (Å²) in [4.78, 5) is 37.9. The molecule has 3 amide bonds. The molecule has 38 heavy (non-hydrogen) atoms. The lowest BCUT2D eigenvalue weighted by atomic mass is 10.1. The number of rotatable bonds is 12. The van der Waals surface area contributed by atoms with Crippen molar-refractivity contribution in [3.63, 3.8) is 0 Å². The van der Waals surface area contributed by atoms with E-state index in [0.29, 0.717) is 36.4 Å². The summed E-state index contributed by atoms with van der Waals surface area (Å²) in [5, 5.41) is 4.75. The second kappa shape index (κ2) is 13.6. The van der Waals surface area contributed by atoms with Gasteiger partial charge in [-0.05, 0) is 49.1 Å². The number of nitrogens with one attached hydrogen (secondary N) is 2. The molecule has 3 rings (SSSR count). The number of ether oxygens (including phenoxy) is 1. The predicted octanol–water partition coefficient (Wildman–Crippen LogP) is 3.61. The zero-order chi connectivity index (χ0) is 27.7. The van der Waals surface area contributed by atoms with Gasteiger partial charge in [0, 0.05) is 30.6 Å². The first kappa shape index (κ1) is 29.5. The van der Waals surface area contributed by atoms with E-state index in [9.17, 15) is 22.8 Å². The molecule has 1 saturated heterocycles. The highest BCUT2D eigenvalue weighted by Gasteiger charge is 2.51. The van der Waals surface area contributed by atoms with E-state index in [0.717, 1.165) is 14.2 Å². The molecule has 2 aromatic rings. The number of likely N-dealkylation sites (N-methyl/N-ethyl adjacent to an activating group) is 1. The van der Waals surface area contributed by atoms with Gasteiger partial charge in [-0.1, -0.05) is 55.4 Å². The molecule has 0 bridgehead atoms. The van der Waals surface area contributed by atoms with Crippen LogP contribution < -0.4 is 10.6 Å². The first-order valence-corrected chi connectivity index (χ1v) is 14.7. The van der Waals surface area contributed by atoms with E-state index in [4.69, 9.17) is 4.74 Å². The number of anilines is 1. The number of amides is 3. The standard InChI is InChI=1S/C26H34N4O6S2/c1-4-8-22-25(32)30(38(34,35)29(22)2)23(15-16-24(31)36-3)37-21-13-11-20(12-14-21)28-26(33)27-18-17-19-9-6-5-7-10-19/h5-7,9-14,22-23H,4,8,15-18H2,1-3H3,(H2,27,28,33)/t22-,23?/m0/s1. The SMILES string of the molecule is CCC[C@H]1C(=O)N(C(CCC(=O)OC)Sc2ccc(NC(=O)NCCc3ccccc3)cc2)S(=O)(=O)N1C. The molecule has 1 fully saturated rings. The lowest BCUT2D eigenvalue weighted by Crippen LogP contribution is -2.40. The van der Waals surface area contributed by atoms with E-state index in [1.807, 2.05) is 37.3 Å². The molecule has 1 aliphatic rings. The van der Waals surface area contributed by atoms with Gasteiger partial charge < -0.3 is 15.4 Å². The Bertz CT molecular complexity index is 1210. The highest BCUT2D eigenvalue weighted by molar-refractivity contribution is 8.00. The number of urea groups is 1. The molecule has 2 atom stereocenters. The number of methoxy groups -OCH3 is 1. The number of esters is 1. The van der Waals surface area contributed by atoms with Gasteiger partial charge in [0.2, 0.25) is 0 Å².